The molecule has 1 aromatic rings. The van der Waals surface area contributed by atoms with Gasteiger partial charge in [0, 0.05) is 6.20 Å². The maximum Gasteiger partial charge on any atom is 0.230 e. The van der Waals surface area contributed by atoms with Gasteiger partial charge in [-0.15, -0.1) is 0 Å². The summed E-state index contributed by atoms with van der Waals surface area (Å²) in [5, 5.41) is 2.81. The van der Waals surface area contributed by atoms with Gasteiger partial charge < -0.3 is 11.1 Å². The Hall–Kier alpha value is -1.49. The second-order valence-corrected chi connectivity index (χ2v) is 4.08. The number of pyridine rings is 1. The fourth-order valence-corrected chi connectivity index (χ4v) is 1.28. The van der Waals surface area contributed by atoms with Crippen molar-refractivity contribution in [3.8, 4) is 0 Å². The molecule has 0 aliphatic rings. The van der Waals surface area contributed by atoms with Crippen LogP contribution in [0.5, 0.6) is 0 Å². The van der Waals surface area contributed by atoms with E-state index in [2.05, 4.69) is 10.3 Å². The molecule has 0 spiro atoms. The van der Waals surface area contributed by atoms with E-state index < -0.39 is 5.92 Å². The summed E-state index contributed by atoms with van der Waals surface area (Å²) in [5.41, 5.74) is 6.22. The number of nitrogens with two attached hydrogens (primary N) is 1. The van der Waals surface area contributed by atoms with Crippen LogP contribution in [0, 0.1) is 5.92 Å². The number of hydrogen-bond acceptors (Lipinski definition) is 3. The highest BCUT2D eigenvalue weighted by molar-refractivity contribution is 7.80. The van der Waals surface area contributed by atoms with E-state index in [1.807, 2.05) is 25.1 Å². The maximum absolute atomic E-state index is 11.7. The smallest absolute Gasteiger partial charge is 0.230 e. The van der Waals surface area contributed by atoms with Crippen LogP contribution in [-0.4, -0.2) is 15.9 Å². The van der Waals surface area contributed by atoms with Gasteiger partial charge in [0.25, 0.3) is 0 Å². The molecule has 0 aliphatic heterocycles. The lowest BCUT2D eigenvalue weighted by Crippen LogP contribution is -2.37. The first-order chi connectivity index (χ1) is 7.52. The number of thiocarbonyl (C=S) groups is 1. The molecular weight excluding hydrogens is 222 g/mol. The molecule has 16 heavy (non-hydrogen) atoms. The van der Waals surface area contributed by atoms with Crippen LogP contribution in [-0.2, 0) is 4.79 Å². The van der Waals surface area contributed by atoms with Crippen molar-refractivity contribution in [2.75, 3.05) is 0 Å². The van der Waals surface area contributed by atoms with E-state index in [9.17, 15) is 4.79 Å². The Kier molecular flexibility index (Phi) is 4.37. The number of rotatable bonds is 4. The largest absolute Gasteiger partial charge is 0.393 e. The predicted molar refractivity (Wildman–Crippen MR) is 66.7 cm³/mol. The molecule has 0 fully saturated rings. The molecule has 4 nitrogen and oxygen atoms in total. The summed E-state index contributed by atoms with van der Waals surface area (Å²) in [6.07, 6.45) is 1.69. The van der Waals surface area contributed by atoms with Crippen LogP contribution in [0.2, 0.25) is 0 Å². The molecule has 0 bridgehead atoms. The molecule has 0 aromatic carbocycles. The summed E-state index contributed by atoms with van der Waals surface area (Å²) in [6.45, 7) is 3.55. The van der Waals surface area contributed by atoms with Gasteiger partial charge in [0.05, 0.1) is 22.6 Å². The van der Waals surface area contributed by atoms with Gasteiger partial charge in [0.1, 0.15) is 0 Å². The van der Waals surface area contributed by atoms with Crippen molar-refractivity contribution in [2.45, 2.75) is 19.9 Å². The summed E-state index contributed by atoms with van der Waals surface area (Å²) in [4.78, 5) is 16.0. The average Bonchev–Trinajstić information content (AvgIpc) is 2.28. The van der Waals surface area contributed by atoms with E-state index in [4.69, 9.17) is 18.0 Å². The Bertz CT molecular complexity index is 380. The molecule has 0 aliphatic carbocycles. The van der Waals surface area contributed by atoms with Gasteiger partial charge in [0.15, 0.2) is 0 Å². The lowest BCUT2D eigenvalue weighted by atomic mass is 10.1. The van der Waals surface area contributed by atoms with E-state index in [1.54, 1.807) is 13.1 Å². The van der Waals surface area contributed by atoms with Gasteiger partial charge in [-0.2, -0.15) is 0 Å². The highest BCUT2D eigenvalue weighted by Crippen LogP contribution is 2.09. The lowest BCUT2D eigenvalue weighted by molar-refractivity contribution is -0.123. The molecule has 1 amide bonds. The van der Waals surface area contributed by atoms with E-state index in [-0.39, 0.29) is 16.9 Å². The zero-order valence-electron chi connectivity index (χ0n) is 9.31. The minimum absolute atomic E-state index is 0.148. The third kappa shape index (κ3) is 3.27. The number of carbonyl (C=O) groups is 1. The molecule has 5 heteroatoms. The van der Waals surface area contributed by atoms with Crippen LogP contribution in [0.15, 0.2) is 24.4 Å². The van der Waals surface area contributed by atoms with Gasteiger partial charge in [0.2, 0.25) is 5.91 Å². The third-order valence-corrected chi connectivity index (χ3v) is 2.66. The van der Waals surface area contributed by atoms with E-state index in [0.29, 0.717) is 0 Å². The molecule has 0 saturated heterocycles. The summed E-state index contributed by atoms with van der Waals surface area (Å²) in [7, 11) is 0. The van der Waals surface area contributed by atoms with Crippen molar-refractivity contribution in [1.29, 1.82) is 0 Å². The minimum atomic E-state index is -0.457. The summed E-state index contributed by atoms with van der Waals surface area (Å²) < 4.78 is 0. The molecule has 0 radical (unpaired) electrons. The van der Waals surface area contributed by atoms with Gasteiger partial charge >= 0.3 is 0 Å². The van der Waals surface area contributed by atoms with Gasteiger partial charge in [-0.1, -0.05) is 18.3 Å². The molecule has 2 unspecified atom stereocenters. The van der Waals surface area contributed by atoms with Gasteiger partial charge in [-0.3, -0.25) is 9.78 Å². The molecule has 0 saturated carbocycles. The van der Waals surface area contributed by atoms with Crippen molar-refractivity contribution >= 4 is 23.1 Å². The lowest BCUT2D eigenvalue weighted by Gasteiger charge is -2.16. The number of hydrogen-bond donors (Lipinski definition) is 2. The van der Waals surface area contributed by atoms with E-state index in [0.717, 1.165) is 5.69 Å². The SMILES string of the molecule is CC(C(=O)NC(C)c1ccccn1)C(N)=S. The van der Waals surface area contributed by atoms with Crippen LogP contribution >= 0.6 is 12.2 Å². The monoisotopic (exact) mass is 237 g/mol. The van der Waals surface area contributed by atoms with Crippen molar-refractivity contribution < 1.29 is 4.79 Å². The first kappa shape index (κ1) is 12.6. The second-order valence-electron chi connectivity index (χ2n) is 3.61. The Balaban J connectivity index is 2.62. The summed E-state index contributed by atoms with van der Waals surface area (Å²) in [5.74, 6) is -0.633. The molecule has 3 N–H and O–H groups in total. The molecule has 1 aromatic heterocycles. The standard InChI is InChI=1S/C11H15N3OS/c1-7(10(12)16)11(15)14-8(2)9-5-3-4-6-13-9/h3-8H,1-2H3,(H2,12,16)(H,14,15). The Morgan fingerprint density at radius 1 is 1.50 bits per heavy atom. The Morgan fingerprint density at radius 2 is 2.19 bits per heavy atom. The summed E-state index contributed by atoms with van der Waals surface area (Å²) in [6, 6.07) is 5.42. The number of nitrogens with one attached hydrogen (secondary N) is 1. The highest BCUT2D eigenvalue weighted by atomic mass is 32.1. The van der Waals surface area contributed by atoms with Crippen molar-refractivity contribution in [3.05, 3.63) is 30.1 Å². The number of aromatic nitrogens is 1. The molecule has 1 rings (SSSR count). The molecule has 86 valence electrons. The van der Waals surface area contributed by atoms with Crippen molar-refractivity contribution in [3.63, 3.8) is 0 Å². The molecule has 2 atom stereocenters. The van der Waals surface area contributed by atoms with Gasteiger partial charge in [-0.25, -0.2) is 0 Å². The topological polar surface area (TPSA) is 68.0 Å². The van der Waals surface area contributed by atoms with Crippen LogP contribution in [0.1, 0.15) is 25.6 Å². The zero-order valence-corrected chi connectivity index (χ0v) is 10.1. The average molecular weight is 237 g/mol. The van der Waals surface area contributed by atoms with Crippen molar-refractivity contribution in [2.24, 2.45) is 11.7 Å². The normalized spacial score (nSPS) is 13.9. The van der Waals surface area contributed by atoms with Crippen LogP contribution in [0.4, 0.5) is 0 Å². The Labute approximate surface area is 100 Å². The summed E-state index contributed by atoms with van der Waals surface area (Å²) >= 11 is 4.77. The molecule has 1 heterocycles. The van der Waals surface area contributed by atoms with Gasteiger partial charge in [-0.05, 0) is 26.0 Å². The first-order valence-electron chi connectivity index (χ1n) is 5.03. The van der Waals surface area contributed by atoms with Crippen LogP contribution in [0.3, 0.4) is 0 Å². The quantitative estimate of drug-likeness (QED) is 0.772. The maximum atomic E-state index is 11.7. The molecular formula is C11H15N3OS. The van der Waals surface area contributed by atoms with E-state index in [1.165, 1.54) is 0 Å². The Morgan fingerprint density at radius 3 is 2.69 bits per heavy atom. The first-order valence-corrected chi connectivity index (χ1v) is 5.44. The predicted octanol–water partition coefficient (Wildman–Crippen LogP) is 1.18. The third-order valence-electron chi connectivity index (χ3n) is 2.31. The fourth-order valence-electron chi connectivity index (χ4n) is 1.17. The fraction of sp³-hybridized carbons (Fsp3) is 0.364. The van der Waals surface area contributed by atoms with Crippen LogP contribution in [0.25, 0.3) is 0 Å². The number of carbonyl (C=O) groups excluding carboxylic acids is 1. The minimum Gasteiger partial charge on any atom is -0.393 e. The van der Waals surface area contributed by atoms with Crippen LogP contribution < -0.4 is 11.1 Å². The van der Waals surface area contributed by atoms with Crippen molar-refractivity contribution in [1.82, 2.24) is 10.3 Å². The zero-order chi connectivity index (χ0) is 12.1. The number of nitrogens with zero attached hydrogens (tertiary/aromatic N) is 1. The number of amides is 1. The highest BCUT2D eigenvalue weighted by Gasteiger charge is 2.18. The second kappa shape index (κ2) is 5.55. The van der Waals surface area contributed by atoms with E-state index >= 15 is 0 Å².